The number of carbonyl (C=O) groups excluding carboxylic acids is 2. The van der Waals surface area contributed by atoms with Crippen molar-refractivity contribution in [2.45, 2.75) is 25.6 Å². The molecule has 2 fully saturated rings. The van der Waals surface area contributed by atoms with Crippen LogP contribution in [0.15, 0.2) is 36.7 Å². The summed E-state index contributed by atoms with van der Waals surface area (Å²) in [6, 6.07) is 7.36. The lowest BCUT2D eigenvalue weighted by atomic mass is 10.1. The Morgan fingerprint density at radius 3 is 2.63 bits per heavy atom. The van der Waals surface area contributed by atoms with Gasteiger partial charge in [-0.15, -0.1) is 5.10 Å². The van der Waals surface area contributed by atoms with Gasteiger partial charge < -0.3 is 25.2 Å². The van der Waals surface area contributed by atoms with Crippen LogP contribution in [-0.2, 0) is 10.9 Å². The first-order chi connectivity index (χ1) is 22.0. The minimum atomic E-state index is -4.89. The summed E-state index contributed by atoms with van der Waals surface area (Å²) < 4.78 is 48.3. The number of carbonyl (C=O) groups is 2. The fourth-order valence-corrected chi connectivity index (χ4v) is 5.35. The summed E-state index contributed by atoms with van der Waals surface area (Å²) in [4.78, 5) is 36.3. The van der Waals surface area contributed by atoms with E-state index in [0.29, 0.717) is 50.3 Å². The van der Waals surface area contributed by atoms with E-state index in [1.807, 2.05) is 11.9 Å². The number of rotatable bonds is 9. The van der Waals surface area contributed by atoms with Crippen molar-refractivity contribution in [1.29, 1.82) is 5.26 Å². The van der Waals surface area contributed by atoms with Gasteiger partial charge in [-0.25, -0.2) is 9.67 Å². The minimum Gasteiger partial charge on any atom is -0.379 e. The van der Waals surface area contributed by atoms with Gasteiger partial charge in [-0.3, -0.25) is 14.5 Å². The molecule has 244 valence electrons. The lowest BCUT2D eigenvalue weighted by Gasteiger charge is -2.39. The summed E-state index contributed by atoms with van der Waals surface area (Å²) in [6.07, 6.45) is -1.93. The number of likely N-dealkylation sites (N-methyl/N-ethyl adjacent to an activating group) is 1. The van der Waals surface area contributed by atoms with Gasteiger partial charge in [0.25, 0.3) is 11.8 Å². The zero-order valence-electron chi connectivity index (χ0n) is 25.5. The van der Waals surface area contributed by atoms with Crippen LogP contribution in [0.25, 0.3) is 5.69 Å². The molecule has 2 aromatic heterocycles. The van der Waals surface area contributed by atoms with Gasteiger partial charge in [-0.05, 0) is 51.2 Å². The van der Waals surface area contributed by atoms with Gasteiger partial charge in [0, 0.05) is 51.5 Å². The molecule has 0 radical (unpaired) electrons. The summed E-state index contributed by atoms with van der Waals surface area (Å²) in [7, 11) is 2.01. The van der Waals surface area contributed by atoms with Crippen LogP contribution >= 0.6 is 0 Å². The predicted octanol–water partition coefficient (Wildman–Crippen LogP) is 2.40. The van der Waals surface area contributed by atoms with Gasteiger partial charge in [0.1, 0.15) is 11.8 Å². The fraction of sp³-hybridized carbons (Fsp3) is 0.467. The standard InChI is InChI=1S/C30H35F3N10O3/c1-20-18-42(9-8-40(20)2)27-5-4-22(15-25(27)37-28(44)23-17-36-21(16-34)14-24(23)30(31,32)33)43-19-26(38-39-43)29(45)35-6-3-7-41-10-12-46-13-11-41/h4-5,14-15,17,19-20H,3,6-13,18H2,1-2H3,(H,35,45)(H,37,44)/t20-/m0/s1. The van der Waals surface area contributed by atoms with Gasteiger partial charge in [0.2, 0.25) is 0 Å². The molecule has 2 saturated heterocycles. The van der Waals surface area contributed by atoms with Gasteiger partial charge in [-0.2, -0.15) is 18.4 Å². The van der Waals surface area contributed by atoms with E-state index in [-0.39, 0.29) is 17.4 Å². The van der Waals surface area contributed by atoms with Crippen molar-refractivity contribution < 1.29 is 27.5 Å². The Morgan fingerprint density at radius 2 is 1.91 bits per heavy atom. The van der Waals surface area contributed by atoms with Crippen molar-refractivity contribution in [3.8, 4) is 11.8 Å². The molecule has 46 heavy (non-hydrogen) atoms. The van der Waals surface area contributed by atoms with Crippen LogP contribution in [-0.4, -0.2) is 114 Å². The molecule has 0 unspecified atom stereocenters. The van der Waals surface area contributed by atoms with Crippen LogP contribution in [0.4, 0.5) is 24.5 Å². The third-order valence-corrected chi connectivity index (χ3v) is 8.13. The molecular weight excluding hydrogens is 605 g/mol. The summed E-state index contributed by atoms with van der Waals surface area (Å²) >= 11 is 0. The molecule has 0 bridgehead atoms. The largest absolute Gasteiger partial charge is 0.417 e. The highest BCUT2D eigenvalue weighted by Crippen LogP contribution is 2.34. The van der Waals surface area contributed by atoms with Crippen LogP contribution in [0.2, 0.25) is 0 Å². The van der Waals surface area contributed by atoms with Gasteiger partial charge in [0.05, 0.1) is 47.6 Å². The van der Waals surface area contributed by atoms with E-state index >= 15 is 0 Å². The number of nitriles is 1. The fourth-order valence-electron chi connectivity index (χ4n) is 5.35. The third kappa shape index (κ3) is 7.79. The number of pyridine rings is 1. The quantitative estimate of drug-likeness (QED) is 0.335. The number of benzene rings is 1. The molecule has 0 spiro atoms. The van der Waals surface area contributed by atoms with Crippen LogP contribution in [0, 0.1) is 11.3 Å². The number of hydrogen-bond donors (Lipinski definition) is 2. The molecule has 2 aliphatic heterocycles. The van der Waals surface area contributed by atoms with Crippen molar-refractivity contribution in [2.75, 3.05) is 76.3 Å². The maximum Gasteiger partial charge on any atom is 0.417 e. The van der Waals surface area contributed by atoms with Crippen LogP contribution in [0.3, 0.4) is 0 Å². The highest BCUT2D eigenvalue weighted by molar-refractivity contribution is 6.07. The number of anilines is 2. The molecule has 1 aromatic carbocycles. The minimum absolute atomic E-state index is 0.0902. The Bertz CT molecular complexity index is 1600. The SMILES string of the molecule is C[C@H]1CN(c2ccc(-n3cc(C(=O)NCCCN4CCOCC4)nn3)cc2NC(=O)c2cnc(C#N)cc2C(F)(F)F)CCN1C. The molecule has 0 aliphatic carbocycles. The molecular formula is C30H35F3N10O3. The summed E-state index contributed by atoms with van der Waals surface area (Å²) in [6.45, 7) is 8.47. The normalized spacial score (nSPS) is 17.8. The molecule has 4 heterocycles. The Kier molecular flexibility index (Phi) is 10.1. The molecule has 3 aromatic rings. The molecule has 2 aliphatic rings. The second kappa shape index (κ2) is 14.2. The summed E-state index contributed by atoms with van der Waals surface area (Å²) in [5.41, 5.74) is -1.09. The second-order valence-electron chi connectivity index (χ2n) is 11.3. The van der Waals surface area contributed by atoms with Gasteiger partial charge in [-0.1, -0.05) is 5.21 Å². The first-order valence-electron chi connectivity index (χ1n) is 14.9. The van der Waals surface area contributed by atoms with E-state index < -0.39 is 34.8 Å². The van der Waals surface area contributed by atoms with Crippen molar-refractivity contribution in [3.05, 3.63) is 59.2 Å². The smallest absolute Gasteiger partial charge is 0.379 e. The molecule has 2 amide bonds. The van der Waals surface area contributed by atoms with E-state index in [9.17, 15) is 22.8 Å². The zero-order chi connectivity index (χ0) is 32.8. The number of piperazine rings is 1. The third-order valence-electron chi connectivity index (χ3n) is 8.13. The van der Waals surface area contributed by atoms with E-state index in [1.165, 1.54) is 10.9 Å². The number of alkyl halides is 3. The lowest BCUT2D eigenvalue weighted by molar-refractivity contribution is -0.138. The number of amides is 2. The molecule has 16 heteroatoms. The van der Waals surface area contributed by atoms with Crippen molar-refractivity contribution in [2.24, 2.45) is 0 Å². The Labute approximate surface area is 263 Å². The van der Waals surface area contributed by atoms with Gasteiger partial charge >= 0.3 is 6.18 Å². The number of nitrogens with zero attached hydrogens (tertiary/aromatic N) is 8. The van der Waals surface area contributed by atoms with Crippen LogP contribution in [0.1, 0.15) is 45.4 Å². The first kappa shape index (κ1) is 32.8. The number of nitrogens with one attached hydrogen (secondary N) is 2. The molecule has 5 rings (SSSR count). The maximum absolute atomic E-state index is 13.9. The number of halogens is 3. The van der Waals surface area contributed by atoms with Crippen LogP contribution in [0.5, 0.6) is 0 Å². The maximum atomic E-state index is 13.9. The Hall–Kier alpha value is -4.59. The van der Waals surface area contributed by atoms with E-state index in [4.69, 9.17) is 10.00 Å². The lowest BCUT2D eigenvalue weighted by Crippen LogP contribution is -2.50. The van der Waals surface area contributed by atoms with Gasteiger partial charge in [0.15, 0.2) is 5.69 Å². The van der Waals surface area contributed by atoms with Crippen molar-refractivity contribution >= 4 is 23.2 Å². The zero-order valence-corrected chi connectivity index (χ0v) is 25.5. The van der Waals surface area contributed by atoms with E-state index in [2.05, 4.69) is 42.7 Å². The summed E-state index contributed by atoms with van der Waals surface area (Å²) in [5.74, 6) is -1.43. The number of hydrogen-bond acceptors (Lipinski definition) is 10. The Morgan fingerprint density at radius 1 is 1.13 bits per heavy atom. The second-order valence-corrected chi connectivity index (χ2v) is 11.3. The average molecular weight is 641 g/mol. The average Bonchev–Trinajstić information content (AvgIpc) is 3.55. The van der Waals surface area contributed by atoms with Crippen molar-refractivity contribution in [3.63, 3.8) is 0 Å². The van der Waals surface area contributed by atoms with Crippen molar-refractivity contribution in [1.82, 2.24) is 35.1 Å². The Balaban J connectivity index is 1.37. The molecule has 2 N–H and O–H groups in total. The summed E-state index contributed by atoms with van der Waals surface area (Å²) in [5, 5.41) is 22.6. The molecule has 0 saturated carbocycles. The number of ether oxygens (including phenoxy) is 1. The number of morpholine rings is 1. The topological polar surface area (TPSA) is 145 Å². The monoisotopic (exact) mass is 640 g/mol. The van der Waals surface area contributed by atoms with E-state index in [0.717, 1.165) is 38.8 Å². The van der Waals surface area contributed by atoms with E-state index in [1.54, 1.807) is 24.3 Å². The molecule has 1 atom stereocenters. The highest BCUT2D eigenvalue weighted by atomic mass is 19.4. The first-order valence-corrected chi connectivity index (χ1v) is 14.9. The van der Waals surface area contributed by atoms with Crippen LogP contribution < -0.4 is 15.5 Å². The predicted molar refractivity (Wildman–Crippen MR) is 162 cm³/mol. The number of aromatic nitrogens is 4. The molecule has 13 nitrogen and oxygen atoms in total. The highest BCUT2D eigenvalue weighted by Gasteiger charge is 2.36.